The number of sulfone groups is 1. The van der Waals surface area contributed by atoms with Crippen LogP contribution in [0.25, 0.3) is 0 Å². The maximum atomic E-state index is 11.0. The van der Waals surface area contributed by atoms with Crippen LogP contribution >= 0.6 is 0 Å². The first kappa shape index (κ1) is 15.3. The second-order valence-electron chi connectivity index (χ2n) is 5.52. The first-order chi connectivity index (χ1) is 9.54. The van der Waals surface area contributed by atoms with Crippen molar-refractivity contribution in [1.82, 2.24) is 5.32 Å². The van der Waals surface area contributed by atoms with E-state index >= 15 is 0 Å². The molecule has 5 heteroatoms. The van der Waals surface area contributed by atoms with Crippen molar-refractivity contribution < 1.29 is 8.42 Å². The highest BCUT2D eigenvalue weighted by Gasteiger charge is 2.10. The Labute approximate surface area is 122 Å². The maximum Gasteiger partial charge on any atom is 0.148 e. The van der Waals surface area contributed by atoms with Gasteiger partial charge in [0.1, 0.15) is 9.84 Å². The molecule has 0 unspecified atom stereocenters. The Balaban J connectivity index is 1.79. The van der Waals surface area contributed by atoms with Gasteiger partial charge >= 0.3 is 0 Å². The molecule has 1 aromatic rings. The average Bonchev–Trinajstić information content (AvgIpc) is 2.44. The zero-order valence-electron chi connectivity index (χ0n) is 12.1. The lowest BCUT2D eigenvalue weighted by Gasteiger charge is -2.28. The lowest BCUT2D eigenvalue weighted by atomic mass is 10.1. The van der Waals surface area contributed by atoms with Gasteiger partial charge in [0, 0.05) is 38.1 Å². The fourth-order valence-corrected chi connectivity index (χ4v) is 2.98. The van der Waals surface area contributed by atoms with Gasteiger partial charge in [-0.3, -0.25) is 0 Å². The normalized spacial score (nSPS) is 16.4. The molecule has 0 saturated carbocycles. The van der Waals surface area contributed by atoms with E-state index in [2.05, 4.69) is 34.5 Å². The predicted molar refractivity (Wildman–Crippen MR) is 83.9 cm³/mol. The lowest BCUT2D eigenvalue weighted by Crippen LogP contribution is -2.29. The molecule has 1 fully saturated rings. The molecule has 0 amide bonds. The second kappa shape index (κ2) is 7.09. The monoisotopic (exact) mass is 296 g/mol. The number of benzene rings is 1. The molecule has 4 nitrogen and oxygen atoms in total. The summed E-state index contributed by atoms with van der Waals surface area (Å²) in [7, 11) is -2.87. The summed E-state index contributed by atoms with van der Waals surface area (Å²) in [4.78, 5) is 2.43. The number of hydrogen-bond donors (Lipinski definition) is 1. The standard InChI is InChI=1S/C15H24N2O2S/c1-20(18,19)12-9-16-13-14-5-7-15(8-6-14)17-10-3-2-4-11-17/h5-8,16H,2-4,9-13H2,1H3. The van der Waals surface area contributed by atoms with Crippen LogP contribution in [-0.4, -0.2) is 40.1 Å². The van der Waals surface area contributed by atoms with E-state index in [9.17, 15) is 8.42 Å². The van der Waals surface area contributed by atoms with Gasteiger partial charge in [0.05, 0.1) is 5.75 Å². The molecular weight excluding hydrogens is 272 g/mol. The van der Waals surface area contributed by atoms with Crippen molar-refractivity contribution in [2.24, 2.45) is 0 Å². The van der Waals surface area contributed by atoms with Crippen molar-refractivity contribution in [1.29, 1.82) is 0 Å². The summed E-state index contributed by atoms with van der Waals surface area (Å²) in [5.41, 5.74) is 2.49. The third kappa shape index (κ3) is 5.13. The van der Waals surface area contributed by atoms with Crippen LogP contribution in [-0.2, 0) is 16.4 Å². The molecule has 20 heavy (non-hydrogen) atoms. The second-order valence-corrected chi connectivity index (χ2v) is 7.78. The van der Waals surface area contributed by atoms with E-state index in [1.54, 1.807) is 0 Å². The van der Waals surface area contributed by atoms with Crippen LogP contribution in [0.2, 0.25) is 0 Å². The van der Waals surface area contributed by atoms with Gasteiger partial charge in [-0.1, -0.05) is 12.1 Å². The first-order valence-electron chi connectivity index (χ1n) is 7.27. The van der Waals surface area contributed by atoms with Crippen LogP contribution in [0.15, 0.2) is 24.3 Å². The number of hydrogen-bond acceptors (Lipinski definition) is 4. The Morgan fingerprint density at radius 3 is 2.35 bits per heavy atom. The average molecular weight is 296 g/mol. The SMILES string of the molecule is CS(=O)(=O)CCNCc1ccc(N2CCCCC2)cc1. The van der Waals surface area contributed by atoms with Crippen molar-refractivity contribution in [3.05, 3.63) is 29.8 Å². The van der Waals surface area contributed by atoms with Gasteiger partial charge in [-0.15, -0.1) is 0 Å². The minimum Gasteiger partial charge on any atom is -0.372 e. The number of rotatable bonds is 6. The molecule has 112 valence electrons. The fourth-order valence-electron chi connectivity index (χ4n) is 2.47. The molecule has 1 aliphatic heterocycles. The minimum atomic E-state index is -2.87. The van der Waals surface area contributed by atoms with E-state index in [0.29, 0.717) is 6.54 Å². The van der Waals surface area contributed by atoms with E-state index < -0.39 is 9.84 Å². The summed E-state index contributed by atoms with van der Waals surface area (Å²) in [6.45, 7) is 3.54. The van der Waals surface area contributed by atoms with E-state index in [-0.39, 0.29) is 5.75 Å². The van der Waals surface area contributed by atoms with Crippen molar-refractivity contribution in [3.63, 3.8) is 0 Å². The lowest BCUT2D eigenvalue weighted by molar-refractivity contribution is 0.578. The van der Waals surface area contributed by atoms with Gasteiger partial charge in [0.25, 0.3) is 0 Å². The Kier molecular flexibility index (Phi) is 5.43. The number of nitrogens with one attached hydrogen (secondary N) is 1. The Morgan fingerprint density at radius 1 is 1.10 bits per heavy atom. The summed E-state index contributed by atoms with van der Waals surface area (Å²) in [6.07, 6.45) is 5.19. The molecule has 2 rings (SSSR count). The molecule has 0 aliphatic carbocycles. The largest absolute Gasteiger partial charge is 0.372 e. The molecule has 0 spiro atoms. The number of piperidine rings is 1. The highest BCUT2D eigenvalue weighted by molar-refractivity contribution is 7.90. The zero-order chi connectivity index (χ0) is 14.4. The smallest absolute Gasteiger partial charge is 0.148 e. The van der Waals surface area contributed by atoms with Crippen LogP contribution in [0.4, 0.5) is 5.69 Å². The van der Waals surface area contributed by atoms with E-state index in [1.807, 2.05) is 0 Å². The Hall–Kier alpha value is -1.07. The van der Waals surface area contributed by atoms with E-state index in [4.69, 9.17) is 0 Å². The van der Waals surface area contributed by atoms with Gasteiger partial charge in [0.2, 0.25) is 0 Å². The summed E-state index contributed by atoms with van der Waals surface area (Å²) < 4.78 is 22.0. The molecule has 0 radical (unpaired) electrons. The van der Waals surface area contributed by atoms with Crippen molar-refractivity contribution >= 4 is 15.5 Å². The summed E-state index contributed by atoms with van der Waals surface area (Å²) in [6, 6.07) is 8.58. The predicted octanol–water partition coefficient (Wildman–Crippen LogP) is 1.81. The molecule has 1 heterocycles. The summed E-state index contributed by atoms with van der Waals surface area (Å²) in [5, 5.41) is 3.16. The maximum absolute atomic E-state index is 11.0. The Bertz CT molecular complexity index is 505. The van der Waals surface area contributed by atoms with E-state index in [1.165, 1.54) is 36.8 Å². The molecule has 1 saturated heterocycles. The van der Waals surface area contributed by atoms with Gasteiger partial charge in [0.15, 0.2) is 0 Å². The van der Waals surface area contributed by atoms with Crippen LogP contribution in [0.5, 0.6) is 0 Å². The summed E-state index contributed by atoms with van der Waals surface area (Å²) in [5.74, 6) is 0.193. The third-order valence-electron chi connectivity index (χ3n) is 3.64. The minimum absolute atomic E-state index is 0.193. The van der Waals surface area contributed by atoms with E-state index in [0.717, 1.165) is 19.6 Å². The van der Waals surface area contributed by atoms with Gasteiger partial charge in [-0.05, 0) is 37.0 Å². The van der Waals surface area contributed by atoms with Crippen LogP contribution < -0.4 is 10.2 Å². The van der Waals surface area contributed by atoms with Gasteiger partial charge in [-0.2, -0.15) is 0 Å². The van der Waals surface area contributed by atoms with Crippen LogP contribution in [0, 0.1) is 0 Å². The van der Waals surface area contributed by atoms with Crippen LogP contribution in [0.3, 0.4) is 0 Å². The molecule has 1 aromatic carbocycles. The molecule has 1 aliphatic rings. The Morgan fingerprint density at radius 2 is 1.75 bits per heavy atom. The number of anilines is 1. The highest BCUT2D eigenvalue weighted by Crippen LogP contribution is 2.20. The third-order valence-corrected chi connectivity index (χ3v) is 4.58. The topological polar surface area (TPSA) is 49.4 Å². The molecular formula is C15H24N2O2S. The molecule has 0 atom stereocenters. The highest BCUT2D eigenvalue weighted by atomic mass is 32.2. The zero-order valence-corrected chi connectivity index (χ0v) is 13.0. The first-order valence-corrected chi connectivity index (χ1v) is 9.33. The quantitative estimate of drug-likeness (QED) is 0.814. The van der Waals surface area contributed by atoms with Gasteiger partial charge in [-0.25, -0.2) is 8.42 Å². The summed E-state index contributed by atoms with van der Waals surface area (Å²) >= 11 is 0. The molecule has 0 aromatic heterocycles. The van der Waals surface area contributed by atoms with Crippen LogP contribution in [0.1, 0.15) is 24.8 Å². The molecule has 0 bridgehead atoms. The van der Waals surface area contributed by atoms with Crippen molar-refractivity contribution in [2.75, 3.05) is 36.5 Å². The number of nitrogens with zero attached hydrogens (tertiary/aromatic N) is 1. The van der Waals surface area contributed by atoms with Crippen molar-refractivity contribution in [2.45, 2.75) is 25.8 Å². The molecule has 1 N–H and O–H groups in total. The van der Waals surface area contributed by atoms with Crippen molar-refractivity contribution in [3.8, 4) is 0 Å². The van der Waals surface area contributed by atoms with Gasteiger partial charge < -0.3 is 10.2 Å². The fraction of sp³-hybridized carbons (Fsp3) is 0.600.